The lowest BCUT2D eigenvalue weighted by atomic mass is 10.0. The van der Waals surface area contributed by atoms with Gasteiger partial charge < -0.3 is 19.6 Å². The Morgan fingerprint density at radius 3 is 2.41 bits per heavy atom. The van der Waals surface area contributed by atoms with Crippen molar-refractivity contribution in [2.45, 2.75) is 39.2 Å². The van der Waals surface area contributed by atoms with Gasteiger partial charge in [-0.3, -0.25) is 9.59 Å². The zero-order chi connectivity index (χ0) is 26.2. The van der Waals surface area contributed by atoms with E-state index in [-0.39, 0.29) is 24.8 Å². The topological polar surface area (TPSA) is 102 Å². The van der Waals surface area contributed by atoms with Crippen molar-refractivity contribution >= 4 is 11.9 Å². The number of carboxylic acids is 1. The summed E-state index contributed by atoms with van der Waals surface area (Å²) >= 11 is 0. The molecule has 1 atom stereocenters. The highest BCUT2D eigenvalue weighted by atomic mass is 16.5. The highest BCUT2D eigenvalue weighted by Gasteiger charge is 2.17. The van der Waals surface area contributed by atoms with Crippen molar-refractivity contribution in [2.24, 2.45) is 0 Å². The van der Waals surface area contributed by atoms with E-state index in [0.717, 1.165) is 22.6 Å². The molecule has 0 unspecified atom stereocenters. The number of rotatable bonds is 11. The van der Waals surface area contributed by atoms with Gasteiger partial charge >= 0.3 is 5.97 Å². The molecule has 0 aliphatic heterocycles. The van der Waals surface area contributed by atoms with E-state index in [0.29, 0.717) is 35.8 Å². The molecular weight excluding hydrogens is 468 g/mol. The number of ether oxygens (including phenoxy) is 1. The molecule has 1 amide bonds. The lowest BCUT2D eigenvalue weighted by molar-refractivity contribution is -0.136. The molecule has 0 radical (unpaired) electrons. The van der Waals surface area contributed by atoms with Gasteiger partial charge in [0.25, 0.3) is 5.91 Å². The van der Waals surface area contributed by atoms with Gasteiger partial charge in [-0.25, -0.2) is 4.98 Å². The molecule has 0 saturated carbocycles. The maximum absolute atomic E-state index is 13.2. The van der Waals surface area contributed by atoms with Crippen LogP contribution < -0.4 is 10.1 Å². The van der Waals surface area contributed by atoms with E-state index in [2.05, 4.69) is 10.3 Å². The van der Waals surface area contributed by atoms with E-state index in [1.807, 2.05) is 74.5 Å². The molecule has 1 aromatic heterocycles. The van der Waals surface area contributed by atoms with Gasteiger partial charge in [0, 0.05) is 24.0 Å². The van der Waals surface area contributed by atoms with Gasteiger partial charge in [-0.1, -0.05) is 54.6 Å². The maximum Gasteiger partial charge on any atom is 0.303 e. The second kappa shape index (κ2) is 12.0. The van der Waals surface area contributed by atoms with Gasteiger partial charge in [-0.05, 0) is 55.7 Å². The minimum absolute atomic E-state index is 0.0656. The number of carboxylic acid groups (broad SMARTS) is 1. The van der Waals surface area contributed by atoms with E-state index in [1.165, 1.54) is 0 Å². The quantitative estimate of drug-likeness (QED) is 0.272. The number of aliphatic carboxylic acids is 1. The van der Waals surface area contributed by atoms with Gasteiger partial charge in [-0.2, -0.15) is 0 Å². The molecule has 1 heterocycles. The summed E-state index contributed by atoms with van der Waals surface area (Å²) in [4.78, 5) is 28.9. The molecule has 0 spiro atoms. The van der Waals surface area contributed by atoms with Crippen LogP contribution in [0.4, 0.5) is 0 Å². The molecule has 0 saturated heterocycles. The van der Waals surface area contributed by atoms with Gasteiger partial charge in [0.05, 0.1) is 18.3 Å². The number of nitrogens with one attached hydrogen (secondary N) is 1. The Labute approximate surface area is 216 Å². The normalized spacial score (nSPS) is 11.6. The second-order valence-corrected chi connectivity index (χ2v) is 8.80. The second-order valence-electron chi connectivity index (χ2n) is 8.80. The molecule has 4 rings (SSSR count). The van der Waals surface area contributed by atoms with Crippen molar-refractivity contribution in [3.63, 3.8) is 0 Å². The van der Waals surface area contributed by atoms with Crippen LogP contribution in [0.1, 0.15) is 52.3 Å². The van der Waals surface area contributed by atoms with E-state index in [4.69, 9.17) is 14.3 Å². The number of nitrogens with zero attached hydrogens (tertiary/aromatic N) is 1. The molecule has 2 N–H and O–H groups in total. The highest BCUT2D eigenvalue weighted by molar-refractivity contribution is 5.96. The summed E-state index contributed by atoms with van der Waals surface area (Å²) < 4.78 is 11.8. The molecule has 3 aromatic carbocycles. The highest BCUT2D eigenvalue weighted by Crippen LogP contribution is 2.24. The summed E-state index contributed by atoms with van der Waals surface area (Å²) in [7, 11) is 0. The Bertz CT molecular complexity index is 1350. The van der Waals surface area contributed by atoms with Gasteiger partial charge in [0.1, 0.15) is 11.5 Å². The number of hydrogen-bond donors (Lipinski definition) is 2. The van der Waals surface area contributed by atoms with E-state index in [9.17, 15) is 9.59 Å². The fourth-order valence-electron chi connectivity index (χ4n) is 4.05. The number of benzene rings is 3. The molecule has 0 bridgehead atoms. The van der Waals surface area contributed by atoms with Crippen molar-refractivity contribution < 1.29 is 23.8 Å². The van der Waals surface area contributed by atoms with Crippen molar-refractivity contribution in [3.8, 4) is 17.2 Å². The molecule has 0 aliphatic carbocycles. The van der Waals surface area contributed by atoms with Crippen LogP contribution in [0.5, 0.6) is 5.75 Å². The van der Waals surface area contributed by atoms with Crippen LogP contribution in [0, 0.1) is 6.92 Å². The van der Waals surface area contributed by atoms with Crippen LogP contribution in [0.15, 0.2) is 83.3 Å². The third-order valence-corrected chi connectivity index (χ3v) is 6.10. The molecule has 37 heavy (non-hydrogen) atoms. The molecular formula is C30H30N2O5. The number of aryl methyl sites for hydroxylation is 2. The van der Waals surface area contributed by atoms with Crippen molar-refractivity contribution in [1.82, 2.24) is 10.3 Å². The first-order valence-electron chi connectivity index (χ1n) is 12.3. The van der Waals surface area contributed by atoms with E-state index >= 15 is 0 Å². The van der Waals surface area contributed by atoms with Crippen LogP contribution in [-0.4, -0.2) is 28.6 Å². The summed E-state index contributed by atoms with van der Waals surface area (Å²) in [6.45, 7) is 4.13. The molecule has 7 nitrogen and oxygen atoms in total. The molecule has 0 aliphatic rings. The molecule has 0 fully saturated rings. The minimum Gasteiger partial charge on any atom is -0.493 e. The summed E-state index contributed by atoms with van der Waals surface area (Å²) in [6, 6.07) is 24.4. The third kappa shape index (κ3) is 6.85. The van der Waals surface area contributed by atoms with E-state index in [1.54, 1.807) is 18.2 Å². The minimum atomic E-state index is -0.915. The summed E-state index contributed by atoms with van der Waals surface area (Å²) in [5, 5.41) is 12.1. The zero-order valence-corrected chi connectivity index (χ0v) is 20.9. The predicted octanol–water partition coefficient (Wildman–Crippen LogP) is 5.78. The van der Waals surface area contributed by atoms with Crippen LogP contribution >= 0.6 is 0 Å². The Kier molecular flexibility index (Phi) is 8.36. The monoisotopic (exact) mass is 498 g/mol. The first-order valence-corrected chi connectivity index (χ1v) is 12.3. The van der Waals surface area contributed by atoms with Crippen LogP contribution in [0.2, 0.25) is 0 Å². The number of hydrogen-bond acceptors (Lipinski definition) is 5. The number of amides is 1. The van der Waals surface area contributed by atoms with Crippen molar-refractivity contribution in [1.29, 1.82) is 0 Å². The Hall–Kier alpha value is -4.39. The third-order valence-electron chi connectivity index (χ3n) is 6.10. The standard InChI is InChI=1S/C30H30N2O5/c1-20(22-9-5-3-6-10-22)31-29(35)26-19-25(15-13-23(26)14-16-28(33)34)36-18-17-27-21(2)37-30(32-27)24-11-7-4-8-12-24/h3-13,15,19-20H,14,16-18H2,1-2H3,(H,31,35)(H,33,34)/t20-/m0/s1. The zero-order valence-electron chi connectivity index (χ0n) is 20.9. The Morgan fingerprint density at radius 2 is 1.70 bits per heavy atom. The lowest BCUT2D eigenvalue weighted by Crippen LogP contribution is -2.27. The summed E-state index contributed by atoms with van der Waals surface area (Å²) in [5.74, 6) is 0.647. The van der Waals surface area contributed by atoms with Crippen molar-refractivity contribution in [2.75, 3.05) is 6.61 Å². The van der Waals surface area contributed by atoms with Crippen LogP contribution in [0.25, 0.3) is 11.5 Å². The van der Waals surface area contributed by atoms with E-state index < -0.39 is 5.97 Å². The van der Waals surface area contributed by atoms with Gasteiger partial charge in [-0.15, -0.1) is 0 Å². The average molecular weight is 499 g/mol. The van der Waals surface area contributed by atoms with Crippen LogP contribution in [-0.2, 0) is 17.6 Å². The predicted molar refractivity (Wildman–Crippen MR) is 141 cm³/mol. The number of aromatic nitrogens is 1. The fraction of sp³-hybridized carbons (Fsp3) is 0.233. The van der Waals surface area contributed by atoms with Gasteiger partial charge in [0.2, 0.25) is 5.89 Å². The average Bonchev–Trinajstić information content (AvgIpc) is 3.29. The van der Waals surface area contributed by atoms with Crippen molar-refractivity contribution in [3.05, 3.63) is 107 Å². The fourth-order valence-corrected chi connectivity index (χ4v) is 4.05. The maximum atomic E-state index is 13.2. The first-order chi connectivity index (χ1) is 17.9. The molecule has 190 valence electrons. The lowest BCUT2D eigenvalue weighted by Gasteiger charge is -2.17. The number of oxazole rings is 1. The molecule has 7 heteroatoms. The number of carbonyl (C=O) groups excluding carboxylic acids is 1. The summed E-state index contributed by atoms with van der Waals surface area (Å²) in [6.07, 6.45) is 0.720. The Morgan fingerprint density at radius 1 is 1.00 bits per heavy atom. The smallest absolute Gasteiger partial charge is 0.303 e. The molecule has 4 aromatic rings. The Balaban J connectivity index is 1.45. The van der Waals surface area contributed by atoms with Gasteiger partial charge in [0.15, 0.2) is 0 Å². The summed E-state index contributed by atoms with van der Waals surface area (Å²) in [5.41, 5.74) is 3.77. The first kappa shape index (κ1) is 25.7. The van der Waals surface area contributed by atoms with Crippen LogP contribution in [0.3, 0.4) is 0 Å². The SMILES string of the molecule is Cc1oc(-c2ccccc2)nc1CCOc1ccc(CCC(=O)O)c(C(=O)N[C@@H](C)c2ccccc2)c1. The largest absolute Gasteiger partial charge is 0.493 e. The number of carbonyl (C=O) groups is 2.